The van der Waals surface area contributed by atoms with Gasteiger partial charge in [-0.05, 0) is 20.8 Å². The molecule has 7 heteroatoms. The number of amides is 1. The van der Waals surface area contributed by atoms with Gasteiger partial charge in [0, 0.05) is 12.8 Å². The minimum absolute atomic E-state index is 0.0810. The number of nitrogens with one attached hydrogen (secondary N) is 1. The summed E-state index contributed by atoms with van der Waals surface area (Å²) in [6.07, 6.45) is -0.827. The van der Waals surface area contributed by atoms with Crippen molar-refractivity contribution in [2.75, 3.05) is 13.2 Å². The SMILES string of the molecule is C=CCO[C@H]1OC(COC(=O)C(C)(C)C)[C@@H](O)C(C)[C@@H]1NC(C)=O. The molecule has 1 saturated heterocycles. The first-order chi connectivity index (χ1) is 11.1. The van der Waals surface area contributed by atoms with Crippen molar-refractivity contribution in [2.24, 2.45) is 11.3 Å². The van der Waals surface area contributed by atoms with Gasteiger partial charge in [0.25, 0.3) is 0 Å². The van der Waals surface area contributed by atoms with Crippen LogP contribution in [-0.4, -0.2) is 54.7 Å². The van der Waals surface area contributed by atoms with E-state index in [2.05, 4.69) is 11.9 Å². The van der Waals surface area contributed by atoms with Gasteiger partial charge in [0.2, 0.25) is 5.91 Å². The molecule has 2 unspecified atom stereocenters. The van der Waals surface area contributed by atoms with E-state index in [-0.39, 0.29) is 31.0 Å². The number of ether oxygens (including phenoxy) is 3. The van der Waals surface area contributed by atoms with Gasteiger partial charge in [-0.2, -0.15) is 0 Å². The summed E-state index contributed by atoms with van der Waals surface area (Å²) in [7, 11) is 0. The molecule has 0 aliphatic carbocycles. The molecule has 1 aliphatic heterocycles. The number of hydrogen-bond acceptors (Lipinski definition) is 6. The molecule has 138 valence electrons. The van der Waals surface area contributed by atoms with E-state index in [4.69, 9.17) is 14.2 Å². The lowest BCUT2D eigenvalue weighted by Crippen LogP contribution is -2.61. The fraction of sp³-hybridized carbons (Fsp3) is 0.765. The fourth-order valence-electron chi connectivity index (χ4n) is 2.39. The normalized spacial score (nSPS) is 30.5. The second-order valence-corrected chi connectivity index (χ2v) is 7.09. The van der Waals surface area contributed by atoms with E-state index in [0.29, 0.717) is 0 Å². The Kier molecular flexibility index (Phi) is 7.38. The topological polar surface area (TPSA) is 94.1 Å². The molecule has 24 heavy (non-hydrogen) atoms. The molecule has 1 fully saturated rings. The van der Waals surface area contributed by atoms with Crippen molar-refractivity contribution in [1.29, 1.82) is 0 Å². The Balaban J connectivity index is 2.79. The van der Waals surface area contributed by atoms with Crippen molar-refractivity contribution in [3.05, 3.63) is 12.7 Å². The lowest BCUT2D eigenvalue weighted by atomic mass is 9.88. The molecule has 1 rings (SSSR count). The van der Waals surface area contributed by atoms with E-state index in [1.165, 1.54) is 6.92 Å². The molecule has 2 N–H and O–H groups in total. The summed E-state index contributed by atoms with van der Waals surface area (Å²) in [5.41, 5.74) is -0.636. The third kappa shape index (κ3) is 5.58. The van der Waals surface area contributed by atoms with Crippen molar-refractivity contribution < 1.29 is 28.9 Å². The van der Waals surface area contributed by atoms with Crippen LogP contribution in [0.3, 0.4) is 0 Å². The van der Waals surface area contributed by atoms with E-state index in [1.54, 1.807) is 33.8 Å². The molecule has 0 aromatic rings. The zero-order valence-corrected chi connectivity index (χ0v) is 15.1. The van der Waals surface area contributed by atoms with Crippen LogP contribution >= 0.6 is 0 Å². The van der Waals surface area contributed by atoms with Gasteiger partial charge in [0.05, 0.1) is 24.2 Å². The molecule has 0 aromatic carbocycles. The van der Waals surface area contributed by atoms with Gasteiger partial charge in [-0.25, -0.2) is 0 Å². The summed E-state index contributed by atoms with van der Waals surface area (Å²) >= 11 is 0. The van der Waals surface area contributed by atoms with Crippen molar-refractivity contribution in [1.82, 2.24) is 5.32 Å². The first kappa shape index (κ1) is 20.6. The third-order valence-corrected chi connectivity index (χ3v) is 3.83. The predicted octanol–water partition coefficient (Wildman–Crippen LogP) is 1.00. The number of aliphatic hydroxyl groups excluding tert-OH is 1. The lowest BCUT2D eigenvalue weighted by molar-refractivity contribution is -0.256. The van der Waals surface area contributed by atoms with Crippen LogP contribution in [0.15, 0.2) is 12.7 Å². The van der Waals surface area contributed by atoms with E-state index in [1.807, 2.05) is 0 Å². The zero-order chi connectivity index (χ0) is 18.5. The van der Waals surface area contributed by atoms with Crippen molar-refractivity contribution in [3.8, 4) is 0 Å². The Morgan fingerprint density at radius 1 is 1.38 bits per heavy atom. The molecular formula is C17H29NO6. The molecule has 1 heterocycles. The maximum absolute atomic E-state index is 11.9. The molecule has 0 spiro atoms. The van der Waals surface area contributed by atoms with Crippen LogP contribution in [-0.2, 0) is 23.8 Å². The van der Waals surface area contributed by atoms with Crippen LogP contribution in [0.5, 0.6) is 0 Å². The maximum Gasteiger partial charge on any atom is 0.311 e. The van der Waals surface area contributed by atoms with Crippen LogP contribution in [0.25, 0.3) is 0 Å². The summed E-state index contributed by atoms with van der Waals surface area (Å²) in [4.78, 5) is 23.3. The molecular weight excluding hydrogens is 314 g/mol. The summed E-state index contributed by atoms with van der Waals surface area (Å²) in [5, 5.41) is 13.2. The van der Waals surface area contributed by atoms with Crippen molar-refractivity contribution in [2.45, 2.75) is 59.2 Å². The second kappa shape index (κ2) is 8.60. The highest BCUT2D eigenvalue weighted by Crippen LogP contribution is 2.27. The van der Waals surface area contributed by atoms with E-state index >= 15 is 0 Å². The van der Waals surface area contributed by atoms with Crippen LogP contribution in [0, 0.1) is 11.3 Å². The Bertz CT molecular complexity index is 458. The number of aliphatic hydroxyl groups is 1. The average molecular weight is 343 g/mol. The first-order valence-electron chi connectivity index (χ1n) is 8.08. The Morgan fingerprint density at radius 2 is 2.00 bits per heavy atom. The lowest BCUT2D eigenvalue weighted by Gasteiger charge is -2.43. The highest BCUT2D eigenvalue weighted by molar-refractivity contribution is 5.75. The summed E-state index contributed by atoms with van der Waals surface area (Å²) in [6.45, 7) is 12.2. The Hall–Kier alpha value is -1.44. The number of rotatable bonds is 6. The molecule has 1 aliphatic rings. The molecule has 0 aromatic heterocycles. The third-order valence-electron chi connectivity index (χ3n) is 3.83. The highest BCUT2D eigenvalue weighted by atomic mass is 16.7. The van der Waals surface area contributed by atoms with Crippen molar-refractivity contribution in [3.63, 3.8) is 0 Å². The van der Waals surface area contributed by atoms with E-state index < -0.39 is 30.0 Å². The minimum atomic E-state index is -0.904. The van der Waals surface area contributed by atoms with Crippen LogP contribution in [0.2, 0.25) is 0 Å². The monoisotopic (exact) mass is 343 g/mol. The quantitative estimate of drug-likeness (QED) is 0.552. The number of hydrogen-bond donors (Lipinski definition) is 2. The van der Waals surface area contributed by atoms with Crippen molar-refractivity contribution >= 4 is 11.9 Å². The van der Waals surface area contributed by atoms with Gasteiger partial charge in [-0.1, -0.05) is 13.0 Å². The molecule has 7 nitrogen and oxygen atoms in total. The molecule has 0 saturated carbocycles. The van der Waals surface area contributed by atoms with E-state index in [9.17, 15) is 14.7 Å². The number of esters is 1. The van der Waals surface area contributed by atoms with E-state index in [0.717, 1.165) is 0 Å². The van der Waals surface area contributed by atoms with Crippen LogP contribution < -0.4 is 5.32 Å². The summed E-state index contributed by atoms with van der Waals surface area (Å²) in [5.74, 6) is -0.957. The zero-order valence-electron chi connectivity index (χ0n) is 15.1. The standard InChI is InChI=1S/C17H29NO6/c1-7-8-22-15-13(18-11(3)19)10(2)14(20)12(24-15)9-23-16(21)17(4,5)6/h7,10,12-15,20H,1,8-9H2,2-6H3,(H,18,19)/t10?,12?,13-,14-,15-/m0/s1. The maximum atomic E-state index is 11.9. The van der Waals surface area contributed by atoms with Crippen LogP contribution in [0.1, 0.15) is 34.6 Å². The summed E-state index contributed by atoms with van der Waals surface area (Å²) < 4.78 is 16.5. The largest absolute Gasteiger partial charge is 0.462 e. The average Bonchev–Trinajstić information content (AvgIpc) is 2.48. The van der Waals surface area contributed by atoms with Gasteiger partial charge in [-0.3, -0.25) is 9.59 Å². The van der Waals surface area contributed by atoms with Gasteiger partial charge < -0.3 is 24.6 Å². The molecule has 0 radical (unpaired) electrons. The van der Waals surface area contributed by atoms with Gasteiger partial charge in [-0.15, -0.1) is 6.58 Å². The molecule has 5 atom stereocenters. The van der Waals surface area contributed by atoms with Gasteiger partial charge in [0.1, 0.15) is 12.7 Å². The van der Waals surface area contributed by atoms with Crippen LogP contribution in [0.4, 0.5) is 0 Å². The molecule has 0 bridgehead atoms. The van der Waals surface area contributed by atoms with Gasteiger partial charge >= 0.3 is 5.97 Å². The number of carbonyl (C=O) groups is 2. The Morgan fingerprint density at radius 3 is 2.50 bits per heavy atom. The summed E-state index contributed by atoms with van der Waals surface area (Å²) in [6, 6.07) is -0.507. The fourth-order valence-corrected chi connectivity index (χ4v) is 2.39. The highest BCUT2D eigenvalue weighted by Gasteiger charge is 2.44. The smallest absolute Gasteiger partial charge is 0.311 e. The van der Waals surface area contributed by atoms with Gasteiger partial charge in [0.15, 0.2) is 6.29 Å². The predicted molar refractivity (Wildman–Crippen MR) is 88.0 cm³/mol. The second-order valence-electron chi connectivity index (χ2n) is 7.09. The Labute approximate surface area is 143 Å². The minimum Gasteiger partial charge on any atom is -0.462 e. The first-order valence-corrected chi connectivity index (χ1v) is 8.08. The number of carbonyl (C=O) groups excluding carboxylic acids is 2. The molecule has 1 amide bonds.